The van der Waals surface area contributed by atoms with Gasteiger partial charge in [0, 0.05) is 23.6 Å². The van der Waals surface area contributed by atoms with Crippen LogP contribution in [0.5, 0.6) is 0 Å². The number of hydrogen-bond donors (Lipinski definition) is 3. The Labute approximate surface area is 157 Å². The molecular weight excluding hydrogens is 328 g/mol. The second-order valence-corrected chi connectivity index (χ2v) is 6.16. The van der Waals surface area contributed by atoms with Gasteiger partial charge in [0.25, 0.3) is 0 Å². The minimum absolute atomic E-state index is 0.0942. The van der Waals surface area contributed by atoms with Crippen LogP contribution in [0.15, 0.2) is 37.4 Å². The second-order valence-electron chi connectivity index (χ2n) is 6.16. The van der Waals surface area contributed by atoms with E-state index in [1.165, 1.54) is 5.48 Å². The van der Waals surface area contributed by atoms with Gasteiger partial charge in [-0.15, -0.1) is 13.2 Å². The van der Waals surface area contributed by atoms with E-state index in [0.29, 0.717) is 5.92 Å². The van der Waals surface area contributed by atoms with Gasteiger partial charge < -0.3 is 5.73 Å². The van der Waals surface area contributed by atoms with E-state index in [1.807, 2.05) is 24.3 Å². The van der Waals surface area contributed by atoms with E-state index in [2.05, 4.69) is 38.8 Å². The van der Waals surface area contributed by atoms with Crippen molar-refractivity contribution in [2.75, 3.05) is 0 Å². The molecule has 0 saturated heterocycles. The average Bonchev–Trinajstić information content (AvgIpc) is 2.62. The Balaban J connectivity index is 0. The molecular formula is C21H32N2O3. The highest BCUT2D eigenvalue weighted by Crippen LogP contribution is 2.04. The minimum Gasteiger partial charge on any atom is -0.327 e. The summed E-state index contributed by atoms with van der Waals surface area (Å²) in [6.45, 7) is 15.2. The molecule has 5 heteroatoms. The molecule has 1 amide bonds. The number of hydroxylamine groups is 1. The van der Waals surface area contributed by atoms with Gasteiger partial charge in [0.05, 0.1) is 5.92 Å². The van der Waals surface area contributed by atoms with Crippen molar-refractivity contribution in [2.24, 2.45) is 17.6 Å². The van der Waals surface area contributed by atoms with Crippen LogP contribution in [-0.4, -0.2) is 22.9 Å². The molecule has 1 rings (SSSR count). The molecule has 0 spiro atoms. The highest BCUT2D eigenvalue weighted by atomic mass is 16.5. The van der Waals surface area contributed by atoms with Crippen molar-refractivity contribution in [3.63, 3.8) is 0 Å². The van der Waals surface area contributed by atoms with E-state index in [4.69, 9.17) is 10.9 Å². The molecule has 0 aliphatic heterocycles. The molecule has 0 bridgehead atoms. The van der Waals surface area contributed by atoms with Gasteiger partial charge in [-0.3, -0.25) is 14.8 Å². The third-order valence-electron chi connectivity index (χ3n) is 3.35. The molecule has 26 heavy (non-hydrogen) atoms. The van der Waals surface area contributed by atoms with E-state index in [1.54, 1.807) is 20.8 Å². The predicted molar refractivity (Wildman–Crippen MR) is 107 cm³/mol. The van der Waals surface area contributed by atoms with E-state index in [9.17, 15) is 9.59 Å². The van der Waals surface area contributed by atoms with E-state index in [-0.39, 0.29) is 17.7 Å². The fourth-order valence-electron chi connectivity index (χ4n) is 1.49. The molecule has 0 fully saturated rings. The highest BCUT2D eigenvalue weighted by Gasteiger charge is 2.15. The lowest BCUT2D eigenvalue weighted by molar-refractivity contribution is -0.133. The van der Waals surface area contributed by atoms with Gasteiger partial charge in [-0.2, -0.15) is 0 Å². The average molecular weight is 360 g/mol. The fraction of sp³-hybridized carbons (Fsp3) is 0.429. The van der Waals surface area contributed by atoms with Gasteiger partial charge in [0.15, 0.2) is 5.78 Å². The molecule has 144 valence electrons. The van der Waals surface area contributed by atoms with Crippen molar-refractivity contribution in [1.29, 1.82) is 0 Å². The first-order valence-corrected chi connectivity index (χ1v) is 8.48. The normalized spacial score (nSPS) is 11.4. The van der Waals surface area contributed by atoms with Crippen LogP contribution >= 0.6 is 0 Å². The van der Waals surface area contributed by atoms with Crippen LogP contribution in [0, 0.1) is 23.7 Å². The van der Waals surface area contributed by atoms with Gasteiger partial charge in [-0.05, 0) is 31.9 Å². The zero-order valence-corrected chi connectivity index (χ0v) is 16.5. The number of nitrogens with two attached hydrogens (primary N) is 1. The lowest BCUT2D eigenvalue weighted by Gasteiger charge is -2.11. The van der Waals surface area contributed by atoms with Crippen molar-refractivity contribution in [3.05, 3.63) is 48.6 Å². The molecule has 4 N–H and O–H groups in total. The van der Waals surface area contributed by atoms with Crippen LogP contribution in [0.2, 0.25) is 0 Å². The maximum absolute atomic E-state index is 11.0. The summed E-state index contributed by atoms with van der Waals surface area (Å²) in [6, 6.07) is 7.20. The number of ketones is 1. The second kappa shape index (κ2) is 14.9. The maximum atomic E-state index is 11.0. The van der Waals surface area contributed by atoms with Crippen molar-refractivity contribution in [3.8, 4) is 11.8 Å². The Morgan fingerprint density at radius 1 is 1.15 bits per heavy atom. The van der Waals surface area contributed by atoms with Crippen molar-refractivity contribution >= 4 is 11.7 Å². The zero-order chi connectivity index (χ0) is 20.7. The number of carbonyl (C=O) groups is 2. The van der Waals surface area contributed by atoms with Crippen molar-refractivity contribution in [1.82, 2.24) is 5.48 Å². The number of benzene rings is 1. The Kier molecular flexibility index (Phi) is 14.8. The van der Waals surface area contributed by atoms with Gasteiger partial charge in [-0.25, -0.2) is 5.48 Å². The summed E-state index contributed by atoms with van der Waals surface area (Å²) in [7, 11) is 0. The number of rotatable bonds is 4. The van der Waals surface area contributed by atoms with Crippen LogP contribution in [0.1, 0.15) is 57.0 Å². The summed E-state index contributed by atoms with van der Waals surface area (Å²) in [4.78, 5) is 21.5. The van der Waals surface area contributed by atoms with E-state index >= 15 is 0 Å². The Morgan fingerprint density at radius 2 is 1.65 bits per heavy atom. The number of carbonyl (C=O) groups excluding carboxylic acids is 2. The van der Waals surface area contributed by atoms with Gasteiger partial charge >= 0.3 is 0 Å². The topological polar surface area (TPSA) is 92.4 Å². The number of amides is 1. The number of Topliss-reactive ketones (excluding diaryl/α,β-unsaturated/α-hetero) is 1. The van der Waals surface area contributed by atoms with E-state index < -0.39 is 5.91 Å². The molecule has 2 atom stereocenters. The van der Waals surface area contributed by atoms with Crippen LogP contribution < -0.4 is 11.2 Å². The molecule has 0 unspecified atom stereocenters. The molecule has 0 aliphatic rings. The molecule has 1 aromatic carbocycles. The summed E-state index contributed by atoms with van der Waals surface area (Å²) < 4.78 is 0. The van der Waals surface area contributed by atoms with Crippen LogP contribution in [-0.2, 0) is 4.79 Å². The number of hydrogen-bond acceptors (Lipinski definition) is 4. The van der Waals surface area contributed by atoms with Gasteiger partial charge in [0.2, 0.25) is 5.91 Å². The SMILES string of the molecule is C=C.CC(=O)c1ccc(C#CCC(C)C)cc1.C[C@H](C(=O)NO)[C@@H](C)N. The molecule has 0 radical (unpaired) electrons. The molecule has 1 aromatic rings. The Bertz CT molecular complexity index is 596. The largest absolute Gasteiger partial charge is 0.327 e. The first-order chi connectivity index (χ1) is 12.2. The van der Waals surface area contributed by atoms with Crippen LogP contribution in [0.3, 0.4) is 0 Å². The molecule has 0 aliphatic carbocycles. The van der Waals surface area contributed by atoms with Crippen molar-refractivity contribution in [2.45, 2.75) is 47.1 Å². The first kappa shape index (κ1) is 25.8. The smallest absolute Gasteiger partial charge is 0.247 e. The molecule has 5 nitrogen and oxygen atoms in total. The monoisotopic (exact) mass is 360 g/mol. The lowest BCUT2D eigenvalue weighted by Crippen LogP contribution is -2.37. The van der Waals surface area contributed by atoms with E-state index in [0.717, 1.165) is 17.5 Å². The summed E-state index contributed by atoms with van der Waals surface area (Å²) in [5, 5.41) is 8.10. The first-order valence-electron chi connectivity index (χ1n) is 8.48. The minimum atomic E-state index is -0.440. The molecule has 0 aromatic heterocycles. The zero-order valence-electron chi connectivity index (χ0n) is 16.5. The summed E-state index contributed by atoms with van der Waals surface area (Å²) >= 11 is 0. The Hall–Kier alpha value is -2.42. The lowest BCUT2D eigenvalue weighted by atomic mass is 10.0. The highest BCUT2D eigenvalue weighted by molar-refractivity contribution is 5.94. The van der Waals surface area contributed by atoms with Crippen molar-refractivity contribution < 1.29 is 14.8 Å². The number of nitrogens with one attached hydrogen (secondary N) is 1. The van der Waals surface area contributed by atoms with Gasteiger partial charge in [0.1, 0.15) is 0 Å². The van der Waals surface area contributed by atoms with Crippen LogP contribution in [0.25, 0.3) is 0 Å². The summed E-state index contributed by atoms with van der Waals surface area (Å²) in [6.07, 6.45) is 0.911. The van der Waals surface area contributed by atoms with Gasteiger partial charge in [-0.1, -0.05) is 44.7 Å². The Morgan fingerprint density at radius 3 is 1.96 bits per heavy atom. The third kappa shape index (κ3) is 12.0. The maximum Gasteiger partial charge on any atom is 0.247 e. The quantitative estimate of drug-likeness (QED) is 0.252. The molecule has 0 heterocycles. The third-order valence-corrected chi connectivity index (χ3v) is 3.35. The standard InChI is InChI=1S/C14H16O.C5H12N2O2.C2H4/c1-11(2)5-4-6-13-7-9-14(10-8-13)12(3)15;1-3(4(2)6)5(8)7-9;1-2/h7-11H,5H2,1-3H3;3-4,9H,6H2,1-2H3,(H,7,8);1-2H2/t;3-,4+;/m.0./s1. The summed E-state index contributed by atoms with van der Waals surface area (Å²) in [5.74, 6) is 6.12. The van der Waals surface area contributed by atoms with Crippen LogP contribution in [0.4, 0.5) is 0 Å². The fourth-order valence-corrected chi connectivity index (χ4v) is 1.49. The predicted octanol–water partition coefficient (Wildman–Crippen LogP) is 3.56. The summed E-state index contributed by atoms with van der Waals surface area (Å²) in [5.41, 5.74) is 8.58. The molecule has 0 saturated carbocycles.